The highest BCUT2D eigenvalue weighted by Crippen LogP contribution is 2.44. The second kappa shape index (κ2) is 8.72. The first-order valence-electron chi connectivity index (χ1n) is 17.5. The number of rotatable bonds is 3. The molecule has 39 heavy (non-hydrogen) atoms. The van der Waals surface area contributed by atoms with E-state index in [1.165, 1.54) is 0 Å². The summed E-state index contributed by atoms with van der Waals surface area (Å²) in [7, 11) is 0. The fourth-order valence-corrected chi connectivity index (χ4v) is 5.57. The highest BCUT2D eigenvalue weighted by Gasteiger charge is 2.17. The Morgan fingerprint density at radius 2 is 0.821 bits per heavy atom. The third-order valence-electron chi connectivity index (χ3n) is 7.23. The van der Waals surface area contributed by atoms with Crippen LogP contribution in [0.3, 0.4) is 0 Å². The van der Waals surface area contributed by atoms with Crippen molar-refractivity contribution in [2.45, 2.75) is 0 Å². The maximum Gasteiger partial charge on any atom is 0.136 e. The van der Waals surface area contributed by atoms with Crippen molar-refractivity contribution in [2.24, 2.45) is 0 Å². The quantitative estimate of drug-likeness (QED) is 0.217. The molecule has 0 unspecified atom stereocenters. The zero-order valence-electron chi connectivity index (χ0n) is 30.5. The zero-order chi connectivity index (χ0) is 34.5. The van der Waals surface area contributed by atoms with E-state index in [1.54, 1.807) is 12.1 Å². The SMILES string of the molecule is [2H]c1c([2H])c([2H])c(-c2ccc3c(c2)oc2cc(-c4c5ccccc5c(-c5c([2H])c([2H])c([2H])c([2H])c5[2H])c5ccccc45)ccc23)c([2H])c1[2H]. The summed E-state index contributed by atoms with van der Waals surface area (Å²) in [5.74, 6) is 0. The van der Waals surface area contributed by atoms with Crippen LogP contribution in [0.25, 0.3) is 76.9 Å². The molecule has 0 fully saturated rings. The van der Waals surface area contributed by atoms with Gasteiger partial charge in [0.1, 0.15) is 11.2 Å². The number of fused-ring (bicyclic) bond motifs is 5. The monoisotopic (exact) mass is 506 g/mol. The maximum atomic E-state index is 8.78. The Balaban J connectivity index is 1.37. The minimum absolute atomic E-state index is 0.103. The molecular weight excluding hydrogens is 472 g/mol. The van der Waals surface area contributed by atoms with Gasteiger partial charge in [0.2, 0.25) is 0 Å². The molecule has 1 heteroatoms. The fourth-order valence-electron chi connectivity index (χ4n) is 5.57. The van der Waals surface area contributed by atoms with Crippen LogP contribution in [0, 0.1) is 0 Å². The highest BCUT2D eigenvalue weighted by molar-refractivity contribution is 6.22. The minimum atomic E-state index is -0.447. The molecule has 1 heterocycles. The summed E-state index contributed by atoms with van der Waals surface area (Å²) in [5, 5.41) is 4.80. The average molecular weight is 507 g/mol. The first kappa shape index (κ1) is 14.1. The van der Waals surface area contributed by atoms with Gasteiger partial charge in [0.25, 0.3) is 0 Å². The molecule has 0 amide bonds. The summed E-state index contributed by atoms with van der Waals surface area (Å²) in [6.45, 7) is 0. The summed E-state index contributed by atoms with van der Waals surface area (Å²) in [6, 6.07) is 22.9. The predicted molar refractivity (Wildman–Crippen MR) is 165 cm³/mol. The van der Waals surface area contributed by atoms with Gasteiger partial charge < -0.3 is 4.42 Å². The third kappa shape index (κ3) is 3.48. The van der Waals surface area contributed by atoms with Gasteiger partial charge in [-0.2, -0.15) is 0 Å². The van der Waals surface area contributed by atoms with E-state index in [0.717, 1.165) is 43.4 Å². The van der Waals surface area contributed by atoms with Crippen molar-refractivity contribution in [2.75, 3.05) is 0 Å². The molecule has 0 bridgehead atoms. The average Bonchev–Trinajstić information content (AvgIpc) is 3.48. The summed E-state index contributed by atoms with van der Waals surface area (Å²) >= 11 is 0. The van der Waals surface area contributed by atoms with Crippen LogP contribution in [0.1, 0.15) is 13.7 Å². The van der Waals surface area contributed by atoms with E-state index in [9.17, 15) is 0 Å². The lowest BCUT2D eigenvalue weighted by molar-refractivity contribution is 0.669. The molecule has 0 spiro atoms. The molecule has 0 saturated heterocycles. The van der Waals surface area contributed by atoms with E-state index in [2.05, 4.69) is 0 Å². The van der Waals surface area contributed by atoms with Gasteiger partial charge in [-0.15, -0.1) is 0 Å². The molecular formula is C38H24O. The van der Waals surface area contributed by atoms with Crippen molar-refractivity contribution < 1.29 is 18.1 Å². The van der Waals surface area contributed by atoms with Crippen molar-refractivity contribution in [1.29, 1.82) is 0 Å². The Bertz CT molecular complexity index is 2620. The van der Waals surface area contributed by atoms with Crippen LogP contribution in [-0.2, 0) is 0 Å². The molecule has 0 aliphatic carbocycles. The Morgan fingerprint density at radius 3 is 1.36 bits per heavy atom. The van der Waals surface area contributed by atoms with Crippen LogP contribution < -0.4 is 0 Å². The molecule has 0 N–H and O–H groups in total. The molecule has 182 valence electrons. The van der Waals surface area contributed by atoms with Crippen molar-refractivity contribution in [3.8, 4) is 33.4 Å². The van der Waals surface area contributed by atoms with Crippen molar-refractivity contribution in [3.63, 3.8) is 0 Å². The minimum Gasteiger partial charge on any atom is -0.456 e. The van der Waals surface area contributed by atoms with Gasteiger partial charge in [0, 0.05) is 10.8 Å². The van der Waals surface area contributed by atoms with Crippen molar-refractivity contribution >= 4 is 43.5 Å². The molecule has 1 nitrogen and oxygen atoms in total. The smallest absolute Gasteiger partial charge is 0.136 e. The Labute approximate surface area is 240 Å². The molecule has 0 saturated carbocycles. The lowest BCUT2D eigenvalue weighted by atomic mass is 9.86. The number of hydrogen-bond acceptors (Lipinski definition) is 1. The first-order valence-corrected chi connectivity index (χ1v) is 12.5. The van der Waals surface area contributed by atoms with Crippen LogP contribution in [0.2, 0.25) is 0 Å². The molecule has 1 aromatic heterocycles. The molecule has 0 aliphatic heterocycles. The van der Waals surface area contributed by atoms with Gasteiger partial charge in [-0.05, 0) is 79.2 Å². The maximum absolute atomic E-state index is 8.78. The summed E-state index contributed by atoms with van der Waals surface area (Å²) < 4.78 is 89.7. The van der Waals surface area contributed by atoms with E-state index in [0.29, 0.717) is 22.3 Å². The number of hydrogen-bond donors (Lipinski definition) is 0. The second-order valence-corrected chi connectivity index (χ2v) is 9.37. The normalized spacial score (nSPS) is 15.2. The molecule has 0 radical (unpaired) electrons. The lowest BCUT2D eigenvalue weighted by Gasteiger charge is -2.17. The van der Waals surface area contributed by atoms with Gasteiger partial charge in [0.15, 0.2) is 0 Å². The van der Waals surface area contributed by atoms with Gasteiger partial charge in [-0.3, -0.25) is 0 Å². The first-order chi connectivity index (χ1) is 23.5. The second-order valence-electron chi connectivity index (χ2n) is 9.37. The fraction of sp³-hybridized carbons (Fsp3) is 0. The van der Waals surface area contributed by atoms with Crippen LogP contribution in [0.5, 0.6) is 0 Å². The van der Waals surface area contributed by atoms with Crippen molar-refractivity contribution in [3.05, 3.63) is 145 Å². The van der Waals surface area contributed by atoms with Crippen LogP contribution in [0.4, 0.5) is 0 Å². The van der Waals surface area contributed by atoms with Crippen LogP contribution in [-0.4, -0.2) is 0 Å². The molecule has 8 aromatic rings. The largest absolute Gasteiger partial charge is 0.456 e. The Kier molecular flexibility index (Phi) is 3.16. The topological polar surface area (TPSA) is 13.1 Å². The van der Waals surface area contributed by atoms with E-state index in [4.69, 9.17) is 18.1 Å². The number of benzene rings is 7. The molecule has 8 rings (SSSR count). The lowest BCUT2D eigenvalue weighted by Crippen LogP contribution is -1.90. The van der Waals surface area contributed by atoms with Crippen molar-refractivity contribution in [1.82, 2.24) is 0 Å². The van der Waals surface area contributed by atoms with E-state index >= 15 is 0 Å². The van der Waals surface area contributed by atoms with Crippen LogP contribution in [0.15, 0.2) is 150 Å². The molecule has 0 atom stereocenters. The van der Waals surface area contributed by atoms with Gasteiger partial charge in [0.05, 0.1) is 13.7 Å². The van der Waals surface area contributed by atoms with Gasteiger partial charge in [-0.1, -0.05) is 121 Å². The number of furan rings is 1. The Hall–Kier alpha value is -5.14. The standard InChI is InChI=1S/C38H24O/c1-3-11-25(12-4-1)27-19-21-29-30-22-20-28(24-36(30)39-35(29)23-27)38-33-17-9-7-15-31(33)37(26-13-5-2-6-14-26)32-16-8-10-18-34(32)38/h1-24H/i1D,2D,3D,4D,5D,6D,11D,12D,13D,14D. The van der Waals surface area contributed by atoms with Gasteiger partial charge in [-0.25, -0.2) is 0 Å². The molecule has 0 aliphatic rings. The third-order valence-corrected chi connectivity index (χ3v) is 7.23. The van der Waals surface area contributed by atoms with E-state index in [1.807, 2.05) is 72.8 Å². The van der Waals surface area contributed by atoms with E-state index < -0.39 is 36.3 Å². The summed E-state index contributed by atoms with van der Waals surface area (Å²) in [6.07, 6.45) is 0. The van der Waals surface area contributed by atoms with Gasteiger partial charge >= 0.3 is 0 Å². The molecule has 7 aromatic carbocycles. The summed E-state index contributed by atoms with van der Waals surface area (Å²) in [5.41, 5.74) is 4.10. The predicted octanol–water partition coefficient (Wildman–Crippen LogP) is 10.9. The van der Waals surface area contributed by atoms with Crippen LogP contribution >= 0.6 is 0 Å². The summed E-state index contributed by atoms with van der Waals surface area (Å²) in [4.78, 5) is 0. The highest BCUT2D eigenvalue weighted by atomic mass is 16.3. The zero-order valence-corrected chi connectivity index (χ0v) is 20.5. The Morgan fingerprint density at radius 1 is 0.385 bits per heavy atom. The van der Waals surface area contributed by atoms with E-state index in [-0.39, 0.29) is 35.3 Å².